The first-order chi connectivity index (χ1) is 7.95. The van der Waals surface area contributed by atoms with Gasteiger partial charge in [-0.1, -0.05) is 13.8 Å². The van der Waals surface area contributed by atoms with Crippen molar-refractivity contribution in [2.24, 2.45) is 11.8 Å². The molecular formula is C14H27N3. The highest BCUT2D eigenvalue weighted by Crippen LogP contribution is 2.39. The van der Waals surface area contributed by atoms with Crippen molar-refractivity contribution < 1.29 is 0 Å². The fraction of sp³-hybridized carbons (Fsp3) is 0.929. The fourth-order valence-electron chi connectivity index (χ4n) is 2.58. The van der Waals surface area contributed by atoms with Gasteiger partial charge in [-0.2, -0.15) is 5.26 Å². The third kappa shape index (κ3) is 3.69. The highest BCUT2D eigenvalue weighted by atomic mass is 15.2. The molecular weight excluding hydrogens is 210 g/mol. The molecule has 2 unspecified atom stereocenters. The molecule has 98 valence electrons. The van der Waals surface area contributed by atoms with Crippen LogP contribution in [0.25, 0.3) is 0 Å². The molecule has 0 bridgehead atoms. The standard InChI is InChI=1S/C14H27N3/c1-11(2)8-12(3)17(5)10-14(9-15,16-4)13-6-7-13/h11-13,16H,6-8,10H2,1-5H3. The van der Waals surface area contributed by atoms with E-state index in [0.717, 1.165) is 6.54 Å². The Morgan fingerprint density at radius 2 is 2.00 bits per heavy atom. The first-order valence-electron chi connectivity index (χ1n) is 6.75. The van der Waals surface area contributed by atoms with Crippen LogP contribution >= 0.6 is 0 Å². The van der Waals surface area contributed by atoms with E-state index >= 15 is 0 Å². The molecule has 1 aliphatic rings. The van der Waals surface area contributed by atoms with Gasteiger partial charge < -0.3 is 10.2 Å². The molecule has 0 aromatic rings. The molecule has 1 aliphatic carbocycles. The van der Waals surface area contributed by atoms with Crippen LogP contribution in [-0.2, 0) is 0 Å². The normalized spacial score (nSPS) is 21.3. The van der Waals surface area contributed by atoms with Crippen LogP contribution in [0.5, 0.6) is 0 Å². The van der Waals surface area contributed by atoms with Crippen molar-refractivity contribution in [3.05, 3.63) is 0 Å². The molecule has 0 aromatic carbocycles. The van der Waals surface area contributed by atoms with Crippen LogP contribution in [0.4, 0.5) is 0 Å². The number of nitrogens with one attached hydrogen (secondary N) is 1. The molecule has 2 atom stereocenters. The van der Waals surface area contributed by atoms with E-state index in [-0.39, 0.29) is 5.54 Å². The van der Waals surface area contributed by atoms with Crippen LogP contribution in [0.1, 0.15) is 40.0 Å². The minimum Gasteiger partial charge on any atom is -0.301 e. The van der Waals surface area contributed by atoms with Gasteiger partial charge in [-0.15, -0.1) is 0 Å². The number of hydrogen-bond donors (Lipinski definition) is 1. The first-order valence-corrected chi connectivity index (χ1v) is 6.75. The lowest BCUT2D eigenvalue weighted by atomic mass is 9.93. The van der Waals surface area contributed by atoms with Gasteiger partial charge in [0.1, 0.15) is 5.54 Å². The molecule has 0 amide bonds. The molecule has 3 nitrogen and oxygen atoms in total. The molecule has 0 radical (unpaired) electrons. The average Bonchev–Trinajstić information content (AvgIpc) is 3.09. The van der Waals surface area contributed by atoms with Crippen LogP contribution < -0.4 is 5.32 Å². The van der Waals surface area contributed by atoms with Crippen LogP contribution in [0, 0.1) is 23.2 Å². The molecule has 0 saturated heterocycles. The third-order valence-corrected chi connectivity index (χ3v) is 3.98. The Kier molecular flexibility index (Phi) is 4.97. The van der Waals surface area contributed by atoms with Crippen molar-refractivity contribution in [1.82, 2.24) is 10.2 Å². The Hall–Kier alpha value is -0.590. The summed E-state index contributed by atoms with van der Waals surface area (Å²) in [6, 6.07) is 3.05. The molecule has 3 heteroatoms. The molecule has 17 heavy (non-hydrogen) atoms. The molecule has 0 heterocycles. The summed E-state index contributed by atoms with van der Waals surface area (Å²) in [5.74, 6) is 1.26. The summed E-state index contributed by atoms with van der Waals surface area (Å²) in [4.78, 5) is 2.33. The Morgan fingerprint density at radius 1 is 1.41 bits per heavy atom. The summed E-state index contributed by atoms with van der Waals surface area (Å²) in [5, 5.41) is 12.7. The number of rotatable bonds is 7. The van der Waals surface area contributed by atoms with Crippen LogP contribution in [-0.4, -0.2) is 37.1 Å². The van der Waals surface area contributed by atoms with Gasteiger partial charge in [-0.25, -0.2) is 0 Å². The van der Waals surface area contributed by atoms with Gasteiger partial charge in [0.2, 0.25) is 0 Å². The van der Waals surface area contributed by atoms with Gasteiger partial charge in [-0.05, 0) is 52.1 Å². The Bertz CT molecular complexity index is 278. The summed E-state index contributed by atoms with van der Waals surface area (Å²) in [6.07, 6.45) is 3.58. The number of hydrogen-bond acceptors (Lipinski definition) is 3. The Balaban J connectivity index is 2.58. The van der Waals surface area contributed by atoms with Crippen molar-refractivity contribution in [2.75, 3.05) is 20.6 Å². The first kappa shape index (κ1) is 14.5. The highest BCUT2D eigenvalue weighted by Gasteiger charge is 2.45. The second kappa shape index (κ2) is 5.84. The molecule has 0 aromatic heterocycles. The van der Waals surface area contributed by atoms with E-state index in [4.69, 9.17) is 0 Å². The van der Waals surface area contributed by atoms with Gasteiger partial charge in [0.05, 0.1) is 6.07 Å². The van der Waals surface area contributed by atoms with E-state index in [1.54, 1.807) is 0 Å². The quantitative estimate of drug-likeness (QED) is 0.738. The van der Waals surface area contributed by atoms with E-state index in [0.29, 0.717) is 17.9 Å². The van der Waals surface area contributed by atoms with Crippen LogP contribution in [0.2, 0.25) is 0 Å². The van der Waals surface area contributed by atoms with Gasteiger partial charge in [0.25, 0.3) is 0 Å². The van der Waals surface area contributed by atoms with Crippen molar-refractivity contribution >= 4 is 0 Å². The SMILES string of the molecule is CNC(C#N)(CN(C)C(C)CC(C)C)C1CC1. The van der Waals surface area contributed by atoms with Crippen molar-refractivity contribution in [1.29, 1.82) is 5.26 Å². The minimum absolute atomic E-state index is 0.333. The van der Waals surface area contributed by atoms with E-state index in [1.165, 1.54) is 19.3 Å². The van der Waals surface area contributed by atoms with Gasteiger partial charge in [-0.3, -0.25) is 0 Å². The van der Waals surface area contributed by atoms with E-state index < -0.39 is 0 Å². The van der Waals surface area contributed by atoms with Gasteiger partial charge >= 0.3 is 0 Å². The zero-order valence-corrected chi connectivity index (χ0v) is 12.0. The summed E-state index contributed by atoms with van der Waals surface area (Å²) < 4.78 is 0. The Labute approximate surface area is 106 Å². The predicted molar refractivity (Wildman–Crippen MR) is 71.7 cm³/mol. The zero-order chi connectivity index (χ0) is 13.1. The number of likely N-dealkylation sites (N-methyl/N-ethyl adjacent to an activating group) is 2. The lowest BCUT2D eigenvalue weighted by molar-refractivity contribution is 0.175. The predicted octanol–water partition coefficient (Wildman–Crippen LogP) is 2.24. The average molecular weight is 237 g/mol. The molecule has 1 rings (SSSR count). The molecule has 1 saturated carbocycles. The molecule has 1 N–H and O–H groups in total. The van der Waals surface area contributed by atoms with Gasteiger partial charge in [0, 0.05) is 12.6 Å². The van der Waals surface area contributed by atoms with Crippen LogP contribution in [0.3, 0.4) is 0 Å². The fourth-order valence-corrected chi connectivity index (χ4v) is 2.58. The molecule has 0 aliphatic heterocycles. The topological polar surface area (TPSA) is 39.1 Å². The smallest absolute Gasteiger partial charge is 0.122 e. The van der Waals surface area contributed by atoms with E-state index in [9.17, 15) is 5.26 Å². The summed E-state index contributed by atoms with van der Waals surface area (Å²) in [7, 11) is 4.06. The summed E-state index contributed by atoms with van der Waals surface area (Å²) in [5.41, 5.74) is -0.333. The van der Waals surface area contributed by atoms with Crippen molar-refractivity contribution in [3.8, 4) is 6.07 Å². The maximum Gasteiger partial charge on any atom is 0.122 e. The lowest BCUT2D eigenvalue weighted by Crippen LogP contribution is -2.53. The van der Waals surface area contributed by atoms with Gasteiger partial charge in [0.15, 0.2) is 0 Å². The summed E-state index contributed by atoms with van der Waals surface area (Å²) >= 11 is 0. The molecule has 0 spiro atoms. The van der Waals surface area contributed by atoms with E-state index in [1.807, 2.05) is 7.05 Å². The number of nitrogens with zero attached hydrogens (tertiary/aromatic N) is 2. The highest BCUT2D eigenvalue weighted by molar-refractivity contribution is 5.16. The maximum atomic E-state index is 9.46. The van der Waals surface area contributed by atoms with Crippen molar-refractivity contribution in [2.45, 2.75) is 51.6 Å². The minimum atomic E-state index is -0.333. The largest absolute Gasteiger partial charge is 0.301 e. The van der Waals surface area contributed by atoms with Crippen LogP contribution in [0.15, 0.2) is 0 Å². The lowest BCUT2D eigenvalue weighted by Gasteiger charge is -2.35. The maximum absolute atomic E-state index is 9.46. The third-order valence-electron chi connectivity index (χ3n) is 3.98. The molecule has 1 fully saturated rings. The zero-order valence-electron chi connectivity index (χ0n) is 12.0. The van der Waals surface area contributed by atoms with E-state index in [2.05, 4.69) is 44.1 Å². The summed E-state index contributed by atoms with van der Waals surface area (Å²) in [6.45, 7) is 7.59. The monoisotopic (exact) mass is 237 g/mol. The second-order valence-electron chi connectivity index (χ2n) is 6.00. The van der Waals surface area contributed by atoms with Crippen molar-refractivity contribution in [3.63, 3.8) is 0 Å². The second-order valence-corrected chi connectivity index (χ2v) is 6.00. The number of nitriles is 1. The Morgan fingerprint density at radius 3 is 2.35 bits per heavy atom.